The Balaban J connectivity index is 1.94. The van der Waals surface area contributed by atoms with Gasteiger partial charge >= 0.3 is 0 Å². The number of hydrogen-bond donors (Lipinski definition) is 1. The smallest absolute Gasteiger partial charge is 0.141 e. The molecular weight excluding hydrogens is 280 g/mol. The molecule has 0 saturated heterocycles. The van der Waals surface area contributed by atoms with Crippen LogP contribution in [0.1, 0.15) is 49.5 Å². The second-order valence-corrected chi connectivity index (χ2v) is 7.26. The minimum atomic E-state index is -0.235. The maximum absolute atomic E-state index is 12.1. The largest absolute Gasteiger partial charge is 0.324 e. The normalized spacial score (nSPS) is 13.1. The van der Waals surface area contributed by atoms with Crippen LogP contribution in [0.3, 0.4) is 0 Å². The SMILES string of the molecule is CC(C)(C)c1csc(CC(=O)CC(N)c2ccccc2)n1. The molecule has 4 heteroatoms. The summed E-state index contributed by atoms with van der Waals surface area (Å²) in [4.78, 5) is 16.7. The maximum atomic E-state index is 12.1. The highest BCUT2D eigenvalue weighted by Crippen LogP contribution is 2.24. The zero-order chi connectivity index (χ0) is 15.5. The van der Waals surface area contributed by atoms with Crippen molar-refractivity contribution in [3.63, 3.8) is 0 Å². The van der Waals surface area contributed by atoms with Gasteiger partial charge in [0.15, 0.2) is 0 Å². The highest BCUT2D eigenvalue weighted by Gasteiger charge is 2.19. The molecule has 1 atom stereocenters. The average Bonchev–Trinajstić information content (AvgIpc) is 2.88. The maximum Gasteiger partial charge on any atom is 0.141 e. The molecule has 21 heavy (non-hydrogen) atoms. The molecule has 0 amide bonds. The van der Waals surface area contributed by atoms with Crippen molar-refractivity contribution in [2.24, 2.45) is 5.73 Å². The third-order valence-corrected chi connectivity index (χ3v) is 4.19. The highest BCUT2D eigenvalue weighted by atomic mass is 32.1. The van der Waals surface area contributed by atoms with Gasteiger partial charge in [-0.05, 0) is 5.56 Å². The lowest BCUT2D eigenvalue weighted by Crippen LogP contribution is -2.17. The van der Waals surface area contributed by atoms with Gasteiger partial charge in [-0.25, -0.2) is 4.98 Å². The summed E-state index contributed by atoms with van der Waals surface area (Å²) >= 11 is 1.55. The van der Waals surface area contributed by atoms with Gasteiger partial charge in [-0.2, -0.15) is 0 Å². The van der Waals surface area contributed by atoms with Crippen LogP contribution in [0.25, 0.3) is 0 Å². The van der Waals surface area contributed by atoms with E-state index in [9.17, 15) is 4.79 Å². The van der Waals surface area contributed by atoms with E-state index in [0.717, 1.165) is 16.3 Å². The fourth-order valence-corrected chi connectivity index (χ4v) is 3.09. The van der Waals surface area contributed by atoms with E-state index in [1.54, 1.807) is 11.3 Å². The van der Waals surface area contributed by atoms with Crippen LogP contribution in [0.5, 0.6) is 0 Å². The molecule has 3 nitrogen and oxygen atoms in total. The van der Waals surface area contributed by atoms with Gasteiger partial charge in [-0.3, -0.25) is 4.79 Å². The first-order chi connectivity index (χ1) is 9.86. The van der Waals surface area contributed by atoms with Crippen LogP contribution in [-0.4, -0.2) is 10.8 Å². The van der Waals surface area contributed by atoms with E-state index < -0.39 is 0 Å². The number of aromatic nitrogens is 1. The molecule has 0 radical (unpaired) electrons. The Morgan fingerprint density at radius 2 is 1.95 bits per heavy atom. The van der Waals surface area contributed by atoms with E-state index in [0.29, 0.717) is 12.8 Å². The molecule has 2 rings (SSSR count). The predicted octanol–water partition coefficient (Wildman–Crippen LogP) is 3.64. The van der Waals surface area contributed by atoms with E-state index in [4.69, 9.17) is 5.73 Å². The van der Waals surface area contributed by atoms with E-state index in [1.807, 2.05) is 35.7 Å². The molecule has 112 valence electrons. The molecule has 0 fully saturated rings. The van der Waals surface area contributed by atoms with Crippen LogP contribution in [0.2, 0.25) is 0 Å². The Labute approximate surface area is 130 Å². The van der Waals surface area contributed by atoms with E-state index in [-0.39, 0.29) is 17.2 Å². The van der Waals surface area contributed by atoms with Gasteiger partial charge in [0.25, 0.3) is 0 Å². The Morgan fingerprint density at radius 3 is 2.52 bits per heavy atom. The molecule has 1 aromatic heterocycles. The molecule has 1 heterocycles. The van der Waals surface area contributed by atoms with E-state index in [2.05, 4.69) is 25.8 Å². The predicted molar refractivity (Wildman–Crippen MR) is 87.5 cm³/mol. The number of thiazole rings is 1. The first-order valence-electron chi connectivity index (χ1n) is 7.13. The van der Waals surface area contributed by atoms with Crippen molar-refractivity contribution in [1.82, 2.24) is 4.98 Å². The molecule has 2 aromatic rings. The van der Waals surface area contributed by atoms with Gasteiger partial charge in [0.2, 0.25) is 0 Å². The molecular formula is C17H22N2OS. The van der Waals surface area contributed by atoms with Crippen molar-refractivity contribution >= 4 is 17.1 Å². The Hall–Kier alpha value is -1.52. The second-order valence-electron chi connectivity index (χ2n) is 6.31. The number of rotatable bonds is 5. The first-order valence-corrected chi connectivity index (χ1v) is 8.01. The van der Waals surface area contributed by atoms with Gasteiger partial charge in [0, 0.05) is 23.3 Å². The summed E-state index contributed by atoms with van der Waals surface area (Å²) in [5.74, 6) is 0.140. The molecule has 0 spiro atoms. The van der Waals surface area contributed by atoms with Gasteiger partial charge in [-0.15, -0.1) is 11.3 Å². The molecule has 1 aromatic carbocycles. The lowest BCUT2D eigenvalue weighted by molar-refractivity contribution is -0.118. The third-order valence-electron chi connectivity index (χ3n) is 3.34. The summed E-state index contributed by atoms with van der Waals surface area (Å²) in [7, 11) is 0. The summed E-state index contributed by atoms with van der Waals surface area (Å²) in [6, 6.07) is 9.51. The van der Waals surface area contributed by atoms with Crippen LogP contribution >= 0.6 is 11.3 Å². The van der Waals surface area contributed by atoms with Crippen LogP contribution in [0.4, 0.5) is 0 Å². The summed E-state index contributed by atoms with van der Waals surface area (Å²) < 4.78 is 0. The van der Waals surface area contributed by atoms with Gasteiger partial charge in [-0.1, -0.05) is 51.1 Å². The van der Waals surface area contributed by atoms with Gasteiger partial charge in [0.05, 0.1) is 12.1 Å². The highest BCUT2D eigenvalue weighted by molar-refractivity contribution is 7.09. The molecule has 1 unspecified atom stereocenters. The standard InChI is InChI=1S/C17H22N2OS/c1-17(2,3)15-11-21-16(19-15)10-13(20)9-14(18)12-7-5-4-6-8-12/h4-8,11,14H,9-10,18H2,1-3H3. The Morgan fingerprint density at radius 1 is 1.29 bits per heavy atom. The molecule has 0 bridgehead atoms. The van der Waals surface area contributed by atoms with Crippen molar-refractivity contribution < 1.29 is 4.79 Å². The molecule has 0 aliphatic heterocycles. The fraction of sp³-hybridized carbons (Fsp3) is 0.412. The third kappa shape index (κ3) is 4.48. The zero-order valence-electron chi connectivity index (χ0n) is 12.8. The van der Waals surface area contributed by atoms with Crippen LogP contribution in [0, 0.1) is 0 Å². The number of nitrogens with two attached hydrogens (primary N) is 1. The summed E-state index contributed by atoms with van der Waals surface area (Å²) in [6.07, 6.45) is 0.732. The van der Waals surface area contributed by atoms with Crippen molar-refractivity contribution in [2.75, 3.05) is 0 Å². The fourth-order valence-electron chi connectivity index (χ4n) is 2.04. The number of hydrogen-bond acceptors (Lipinski definition) is 4. The molecule has 0 aliphatic carbocycles. The first kappa shape index (κ1) is 15.9. The topological polar surface area (TPSA) is 56.0 Å². The Kier molecular flexibility index (Phi) is 4.91. The van der Waals surface area contributed by atoms with Crippen LogP contribution in [-0.2, 0) is 16.6 Å². The van der Waals surface area contributed by atoms with Crippen LogP contribution in [0.15, 0.2) is 35.7 Å². The molecule has 2 N–H and O–H groups in total. The van der Waals surface area contributed by atoms with Crippen molar-refractivity contribution in [3.8, 4) is 0 Å². The van der Waals surface area contributed by atoms with Crippen molar-refractivity contribution in [2.45, 2.75) is 45.1 Å². The number of nitrogens with zero attached hydrogens (tertiary/aromatic N) is 1. The molecule has 0 aliphatic rings. The van der Waals surface area contributed by atoms with Crippen molar-refractivity contribution in [1.29, 1.82) is 0 Å². The molecule has 0 saturated carbocycles. The Bertz CT molecular complexity index is 599. The second kappa shape index (κ2) is 6.50. The summed E-state index contributed by atoms with van der Waals surface area (Å²) in [6.45, 7) is 6.37. The quantitative estimate of drug-likeness (QED) is 0.917. The van der Waals surface area contributed by atoms with Crippen LogP contribution < -0.4 is 5.73 Å². The summed E-state index contributed by atoms with van der Waals surface area (Å²) in [5.41, 5.74) is 8.16. The van der Waals surface area contributed by atoms with Gasteiger partial charge in [0.1, 0.15) is 10.8 Å². The lowest BCUT2D eigenvalue weighted by atomic mass is 9.93. The van der Waals surface area contributed by atoms with E-state index in [1.165, 1.54) is 0 Å². The lowest BCUT2D eigenvalue weighted by Gasteiger charge is -2.14. The minimum Gasteiger partial charge on any atom is -0.324 e. The number of benzene rings is 1. The number of carbonyl (C=O) groups is 1. The summed E-state index contributed by atoms with van der Waals surface area (Å²) in [5, 5.41) is 2.92. The number of Topliss-reactive ketones (excluding diaryl/α,β-unsaturated/α-hetero) is 1. The average molecular weight is 302 g/mol. The number of ketones is 1. The zero-order valence-corrected chi connectivity index (χ0v) is 13.6. The van der Waals surface area contributed by atoms with E-state index >= 15 is 0 Å². The monoisotopic (exact) mass is 302 g/mol. The van der Waals surface area contributed by atoms with Gasteiger partial charge < -0.3 is 5.73 Å². The minimum absolute atomic E-state index is 0.0260. The van der Waals surface area contributed by atoms with Crippen molar-refractivity contribution in [3.05, 3.63) is 52.0 Å². The number of carbonyl (C=O) groups excluding carboxylic acids is 1.